The fourth-order valence-electron chi connectivity index (χ4n) is 3.76. The Morgan fingerprint density at radius 3 is 2.83 bits per heavy atom. The third-order valence-electron chi connectivity index (χ3n) is 5.22. The summed E-state index contributed by atoms with van der Waals surface area (Å²) in [6.07, 6.45) is 3.47. The minimum Gasteiger partial charge on any atom is -0.493 e. The molecule has 182 valence electrons. The van der Waals surface area contributed by atoms with E-state index < -0.39 is 12.0 Å². The van der Waals surface area contributed by atoms with Crippen molar-refractivity contribution in [2.75, 3.05) is 20.3 Å². The number of carbonyl (C=O) groups is 1. The Bertz CT molecular complexity index is 1480. The van der Waals surface area contributed by atoms with Gasteiger partial charge in [0.25, 0.3) is 5.56 Å². The van der Waals surface area contributed by atoms with Gasteiger partial charge in [-0.3, -0.25) is 9.36 Å². The number of thiophene rings is 1. The van der Waals surface area contributed by atoms with Gasteiger partial charge < -0.3 is 14.2 Å². The molecule has 1 atom stereocenters. The fourth-order valence-corrected chi connectivity index (χ4v) is 6.42. The van der Waals surface area contributed by atoms with E-state index in [1.807, 2.05) is 29.6 Å². The van der Waals surface area contributed by atoms with Crippen molar-refractivity contribution in [2.45, 2.75) is 19.9 Å². The van der Waals surface area contributed by atoms with Gasteiger partial charge in [0, 0.05) is 4.88 Å². The molecule has 0 radical (unpaired) electrons. The Morgan fingerprint density at radius 1 is 1.37 bits per heavy atom. The number of hydrogen-bond donors (Lipinski definition) is 0. The Kier molecular flexibility index (Phi) is 7.92. The van der Waals surface area contributed by atoms with Gasteiger partial charge in [0.2, 0.25) is 0 Å². The highest BCUT2D eigenvalue weighted by Gasteiger charge is 2.33. The number of thiazole rings is 1. The largest absolute Gasteiger partial charge is 0.493 e. The van der Waals surface area contributed by atoms with Crippen LogP contribution in [0, 0.1) is 3.57 Å². The van der Waals surface area contributed by atoms with Gasteiger partial charge in [-0.15, -0.1) is 11.3 Å². The summed E-state index contributed by atoms with van der Waals surface area (Å²) >= 11 is 4.95. The van der Waals surface area contributed by atoms with Gasteiger partial charge in [-0.05, 0) is 71.7 Å². The number of rotatable bonds is 8. The molecule has 0 N–H and O–H groups in total. The highest BCUT2D eigenvalue weighted by atomic mass is 127. The molecule has 0 amide bonds. The molecule has 0 spiro atoms. The zero-order valence-corrected chi connectivity index (χ0v) is 23.2. The third-order valence-corrected chi connectivity index (χ3v) is 7.93. The van der Waals surface area contributed by atoms with Crippen LogP contribution in [0.5, 0.6) is 11.5 Å². The van der Waals surface area contributed by atoms with Crippen LogP contribution in [-0.4, -0.2) is 30.9 Å². The van der Waals surface area contributed by atoms with E-state index in [0.29, 0.717) is 38.7 Å². The fraction of sp³-hybridized carbons (Fsp3) is 0.240. The van der Waals surface area contributed by atoms with E-state index in [-0.39, 0.29) is 12.2 Å². The molecule has 7 nitrogen and oxygen atoms in total. The summed E-state index contributed by atoms with van der Waals surface area (Å²) in [5.41, 5.74) is 1.50. The van der Waals surface area contributed by atoms with Crippen LogP contribution in [0.1, 0.15) is 30.3 Å². The van der Waals surface area contributed by atoms with Gasteiger partial charge in [-0.2, -0.15) is 0 Å². The van der Waals surface area contributed by atoms with E-state index in [9.17, 15) is 9.59 Å². The molecule has 1 aromatic carbocycles. The molecule has 0 unspecified atom stereocenters. The quantitative estimate of drug-likeness (QED) is 0.216. The van der Waals surface area contributed by atoms with E-state index in [2.05, 4.69) is 34.2 Å². The summed E-state index contributed by atoms with van der Waals surface area (Å²) < 4.78 is 19.5. The summed E-state index contributed by atoms with van der Waals surface area (Å²) in [5.74, 6) is 0.726. The van der Waals surface area contributed by atoms with Crippen LogP contribution in [0.15, 0.2) is 63.4 Å². The second-order valence-electron chi connectivity index (χ2n) is 7.45. The van der Waals surface area contributed by atoms with Crippen LogP contribution < -0.4 is 24.4 Å². The summed E-state index contributed by atoms with van der Waals surface area (Å²) in [6.45, 7) is 7.81. The minimum atomic E-state index is -0.586. The maximum absolute atomic E-state index is 13.6. The smallest absolute Gasteiger partial charge is 0.338 e. The SMILES string of the molecule is C=CCOc1c(I)cc(/C=c2/sc3n(c2=O)[C@@H](c2cccs2)C(C(=O)OCC)=C(C)N=3)cc1OC. The van der Waals surface area contributed by atoms with Crippen LogP contribution in [0.3, 0.4) is 0 Å². The van der Waals surface area contributed by atoms with Crippen molar-refractivity contribution >= 4 is 57.3 Å². The third kappa shape index (κ3) is 5.00. The average Bonchev–Trinajstić information content (AvgIpc) is 3.46. The van der Waals surface area contributed by atoms with Gasteiger partial charge in [-0.25, -0.2) is 9.79 Å². The molecule has 0 saturated carbocycles. The first kappa shape index (κ1) is 25.4. The van der Waals surface area contributed by atoms with Gasteiger partial charge in [0.15, 0.2) is 16.3 Å². The first-order chi connectivity index (χ1) is 16.9. The topological polar surface area (TPSA) is 79.1 Å². The Balaban J connectivity index is 1.87. The molecule has 0 aliphatic carbocycles. The van der Waals surface area contributed by atoms with E-state index in [0.717, 1.165) is 14.0 Å². The number of methoxy groups -OCH3 is 1. The zero-order valence-electron chi connectivity index (χ0n) is 19.4. The van der Waals surface area contributed by atoms with Crippen molar-refractivity contribution in [1.82, 2.24) is 4.57 Å². The lowest BCUT2D eigenvalue weighted by atomic mass is 10.0. The monoisotopic (exact) mass is 622 g/mol. The lowest BCUT2D eigenvalue weighted by molar-refractivity contribution is -0.139. The van der Waals surface area contributed by atoms with Crippen molar-refractivity contribution in [2.24, 2.45) is 4.99 Å². The average molecular weight is 623 g/mol. The molecular formula is C25H23IN2O5S2. The predicted molar refractivity (Wildman–Crippen MR) is 146 cm³/mol. The minimum absolute atomic E-state index is 0.220. The molecule has 0 saturated heterocycles. The van der Waals surface area contributed by atoms with Crippen LogP contribution >= 0.6 is 45.3 Å². The highest BCUT2D eigenvalue weighted by Crippen LogP contribution is 2.35. The first-order valence-corrected chi connectivity index (χ1v) is 13.5. The zero-order chi connectivity index (χ0) is 25.1. The number of halogens is 1. The van der Waals surface area contributed by atoms with Crippen molar-refractivity contribution in [3.05, 3.63) is 87.3 Å². The number of benzene rings is 1. The Labute approximate surface area is 223 Å². The van der Waals surface area contributed by atoms with Crippen molar-refractivity contribution < 1.29 is 19.0 Å². The first-order valence-electron chi connectivity index (χ1n) is 10.7. The second kappa shape index (κ2) is 10.9. The van der Waals surface area contributed by atoms with E-state index in [1.165, 1.54) is 22.7 Å². The molecule has 4 rings (SSSR count). The van der Waals surface area contributed by atoms with Crippen LogP contribution in [-0.2, 0) is 9.53 Å². The van der Waals surface area contributed by atoms with Crippen molar-refractivity contribution in [1.29, 1.82) is 0 Å². The summed E-state index contributed by atoms with van der Waals surface area (Å²) in [5, 5.41) is 1.92. The Hall–Kier alpha value is -2.70. The number of aromatic nitrogens is 1. The number of esters is 1. The lowest BCUT2D eigenvalue weighted by Crippen LogP contribution is -2.39. The number of ether oxygens (including phenoxy) is 3. The molecule has 0 fully saturated rings. The summed E-state index contributed by atoms with van der Waals surface area (Å²) in [6, 6.07) is 6.98. The summed E-state index contributed by atoms with van der Waals surface area (Å²) in [7, 11) is 1.57. The van der Waals surface area contributed by atoms with Crippen molar-refractivity contribution in [3.8, 4) is 11.5 Å². The highest BCUT2D eigenvalue weighted by molar-refractivity contribution is 14.1. The molecular weight excluding hydrogens is 599 g/mol. The van der Waals surface area contributed by atoms with Gasteiger partial charge in [0.05, 0.1) is 33.1 Å². The molecule has 1 aliphatic rings. The van der Waals surface area contributed by atoms with E-state index in [4.69, 9.17) is 14.2 Å². The number of nitrogens with zero attached hydrogens (tertiary/aromatic N) is 2. The van der Waals surface area contributed by atoms with Crippen LogP contribution in [0.2, 0.25) is 0 Å². The van der Waals surface area contributed by atoms with Crippen LogP contribution in [0.25, 0.3) is 6.08 Å². The lowest BCUT2D eigenvalue weighted by Gasteiger charge is -2.23. The molecule has 1 aliphatic heterocycles. The van der Waals surface area contributed by atoms with E-state index in [1.54, 1.807) is 37.7 Å². The molecule has 0 bridgehead atoms. The van der Waals surface area contributed by atoms with Crippen molar-refractivity contribution in [3.63, 3.8) is 0 Å². The van der Waals surface area contributed by atoms with Gasteiger partial charge in [-0.1, -0.05) is 30.1 Å². The number of fused-ring (bicyclic) bond motifs is 1. The second-order valence-corrected chi connectivity index (χ2v) is 10.6. The van der Waals surface area contributed by atoms with Gasteiger partial charge in [0.1, 0.15) is 12.6 Å². The van der Waals surface area contributed by atoms with Gasteiger partial charge >= 0.3 is 5.97 Å². The normalized spacial score (nSPS) is 15.4. The molecule has 35 heavy (non-hydrogen) atoms. The molecule has 2 aromatic heterocycles. The molecule has 3 aromatic rings. The standard InChI is InChI=1S/C25H23IN2O5S2/c1-5-9-33-22-16(26)11-15(12-17(22)31-4)13-19-23(29)28-21(18-8-7-10-34-18)20(24(30)32-6-2)14(3)27-25(28)35-19/h5,7-8,10-13,21H,1,6,9H2,2-4H3/b19-13+/t21-/m0/s1. The van der Waals surface area contributed by atoms with Crippen LogP contribution in [0.4, 0.5) is 0 Å². The molecule has 10 heteroatoms. The number of allylic oxidation sites excluding steroid dienone is 1. The summed E-state index contributed by atoms with van der Waals surface area (Å²) in [4.78, 5) is 32.5. The Morgan fingerprint density at radius 2 is 2.17 bits per heavy atom. The predicted octanol–water partition coefficient (Wildman–Crippen LogP) is 4.04. The molecule has 3 heterocycles. The number of hydrogen-bond acceptors (Lipinski definition) is 8. The maximum Gasteiger partial charge on any atom is 0.338 e. The maximum atomic E-state index is 13.6. The number of carbonyl (C=O) groups excluding carboxylic acids is 1. The van der Waals surface area contributed by atoms with E-state index >= 15 is 0 Å².